The third-order valence-electron chi connectivity index (χ3n) is 3.37. The van der Waals surface area contributed by atoms with Crippen LogP contribution < -0.4 is 0 Å². The summed E-state index contributed by atoms with van der Waals surface area (Å²) >= 11 is 1.72. The molecular weight excluding hydrogens is 220 g/mol. The molecule has 1 fully saturated rings. The van der Waals surface area contributed by atoms with Crippen molar-refractivity contribution in [2.45, 2.75) is 51.3 Å². The quantitative estimate of drug-likeness (QED) is 0.880. The molecule has 0 bridgehead atoms. The molecule has 0 aromatic carbocycles. The third-order valence-corrected chi connectivity index (χ3v) is 4.19. The summed E-state index contributed by atoms with van der Waals surface area (Å²) in [5.41, 5.74) is 1.18. The van der Waals surface area contributed by atoms with E-state index in [4.69, 9.17) is 0 Å². The number of thiazole rings is 1. The highest BCUT2D eigenvalue weighted by molar-refractivity contribution is 7.09. The summed E-state index contributed by atoms with van der Waals surface area (Å²) in [7, 11) is 2.16. The zero-order valence-electron chi connectivity index (χ0n) is 10.0. The first-order chi connectivity index (χ1) is 7.65. The minimum absolute atomic E-state index is 0.0637. The molecule has 1 aromatic rings. The van der Waals surface area contributed by atoms with Crippen LogP contribution in [0.5, 0.6) is 0 Å². The Balaban J connectivity index is 1.85. The van der Waals surface area contributed by atoms with E-state index in [9.17, 15) is 5.11 Å². The SMILES string of the molecule is Cc1nc(CN(C)C2CCC(O)CC2)cs1. The predicted molar refractivity (Wildman–Crippen MR) is 66.6 cm³/mol. The van der Waals surface area contributed by atoms with Gasteiger partial charge >= 0.3 is 0 Å². The summed E-state index contributed by atoms with van der Waals surface area (Å²) in [6, 6.07) is 0.616. The van der Waals surface area contributed by atoms with E-state index in [1.807, 2.05) is 6.92 Å². The van der Waals surface area contributed by atoms with Gasteiger partial charge in [-0.1, -0.05) is 0 Å². The molecule has 1 aliphatic carbocycles. The Morgan fingerprint density at radius 2 is 2.12 bits per heavy atom. The van der Waals surface area contributed by atoms with Crippen molar-refractivity contribution in [3.63, 3.8) is 0 Å². The number of nitrogens with zero attached hydrogens (tertiary/aromatic N) is 2. The summed E-state index contributed by atoms with van der Waals surface area (Å²) in [6.45, 7) is 2.98. The van der Waals surface area contributed by atoms with Crippen molar-refractivity contribution in [3.8, 4) is 0 Å². The number of aliphatic hydroxyl groups is 1. The second kappa shape index (κ2) is 5.25. The van der Waals surface area contributed by atoms with Crippen LogP contribution in [-0.2, 0) is 6.54 Å². The lowest BCUT2D eigenvalue weighted by Crippen LogP contribution is -2.35. The summed E-state index contributed by atoms with van der Waals surface area (Å²) in [5.74, 6) is 0. The summed E-state index contributed by atoms with van der Waals surface area (Å²) in [5, 5.41) is 12.8. The van der Waals surface area contributed by atoms with Gasteiger partial charge < -0.3 is 5.11 Å². The number of aromatic nitrogens is 1. The minimum Gasteiger partial charge on any atom is -0.393 e. The second-order valence-corrected chi connectivity index (χ2v) is 5.80. The molecule has 3 nitrogen and oxygen atoms in total. The Bertz CT molecular complexity index is 332. The summed E-state index contributed by atoms with van der Waals surface area (Å²) in [4.78, 5) is 6.86. The minimum atomic E-state index is -0.0637. The maximum atomic E-state index is 9.47. The standard InChI is InChI=1S/C12H20N2OS/c1-9-13-10(8-16-9)7-14(2)11-3-5-12(15)6-4-11/h8,11-12,15H,3-7H2,1-2H3. The van der Waals surface area contributed by atoms with Gasteiger partial charge in [-0.15, -0.1) is 11.3 Å². The maximum Gasteiger partial charge on any atom is 0.0897 e. The Kier molecular flexibility index (Phi) is 3.95. The van der Waals surface area contributed by atoms with Crippen LogP contribution in [0.4, 0.5) is 0 Å². The van der Waals surface area contributed by atoms with Crippen molar-refractivity contribution >= 4 is 11.3 Å². The van der Waals surface area contributed by atoms with Gasteiger partial charge in [-0.3, -0.25) is 4.90 Å². The lowest BCUT2D eigenvalue weighted by Gasteiger charge is -2.32. The van der Waals surface area contributed by atoms with Gasteiger partial charge in [-0.2, -0.15) is 0 Å². The Labute approximate surface area is 101 Å². The number of aliphatic hydroxyl groups excluding tert-OH is 1. The van der Waals surface area contributed by atoms with E-state index in [0.717, 1.165) is 37.2 Å². The fraction of sp³-hybridized carbons (Fsp3) is 0.750. The van der Waals surface area contributed by atoms with Gasteiger partial charge in [-0.05, 0) is 39.7 Å². The van der Waals surface area contributed by atoms with Gasteiger partial charge in [0.2, 0.25) is 0 Å². The molecule has 0 unspecified atom stereocenters. The molecule has 0 spiro atoms. The smallest absolute Gasteiger partial charge is 0.0897 e. The fourth-order valence-corrected chi connectivity index (χ4v) is 2.97. The average Bonchev–Trinajstić information content (AvgIpc) is 2.65. The van der Waals surface area contributed by atoms with Crippen molar-refractivity contribution in [1.29, 1.82) is 0 Å². The van der Waals surface area contributed by atoms with E-state index in [1.54, 1.807) is 11.3 Å². The highest BCUT2D eigenvalue weighted by Gasteiger charge is 2.22. The van der Waals surface area contributed by atoms with Gasteiger partial charge in [-0.25, -0.2) is 4.98 Å². The van der Waals surface area contributed by atoms with Crippen LogP contribution in [0.1, 0.15) is 36.4 Å². The van der Waals surface area contributed by atoms with Crippen LogP contribution in [0, 0.1) is 6.92 Å². The summed E-state index contributed by atoms with van der Waals surface area (Å²) < 4.78 is 0. The average molecular weight is 240 g/mol. The van der Waals surface area contributed by atoms with Crippen molar-refractivity contribution in [1.82, 2.24) is 9.88 Å². The molecular formula is C12H20N2OS. The van der Waals surface area contributed by atoms with E-state index < -0.39 is 0 Å². The first kappa shape index (κ1) is 12.0. The molecule has 16 heavy (non-hydrogen) atoms. The van der Waals surface area contributed by atoms with E-state index >= 15 is 0 Å². The Morgan fingerprint density at radius 1 is 1.44 bits per heavy atom. The lowest BCUT2D eigenvalue weighted by molar-refractivity contribution is 0.0814. The molecule has 4 heteroatoms. The molecule has 0 saturated heterocycles. The number of hydrogen-bond acceptors (Lipinski definition) is 4. The van der Waals surface area contributed by atoms with E-state index in [0.29, 0.717) is 6.04 Å². The molecule has 0 amide bonds. The molecule has 2 rings (SSSR count). The second-order valence-electron chi connectivity index (χ2n) is 4.74. The third kappa shape index (κ3) is 3.03. The Morgan fingerprint density at radius 3 is 2.69 bits per heavy atom. The summed E-state index contributed by atoms with van der Waals surface area (Å²) in [6.07, 6.45) is 4.06. The topological polar surface area (TPSA) is 36.4 Å². The van der Waals surface area contributed by atoms with E-state index in [2.05, 4.69) is 22.3 Å². The van der Waals surface area contributed by atoms with Gasteiger partial charge in [0.25, 0.3) is 0 Å². The van der Waals surface area contributed by atoms with Crippen molar-refractivity contribution < 1.29 is 5.11 Å². The van der Waals surface area contributed by atoms with Crippen LogP contribution in [0.3, 0.4) is 0 Å². The largest absolute Gasteiger partial charge is 0.393 e. The van der Waals surface area contributed by atoms with Crippen LogP contribution in [-0.4, -0.2) is 34.2 Å². The van der Waals surface area contributed by atoms with E-state index in [-0.39, 0.29) is 6.10 Å². The molecule has 0 radical (unpaired) electrons. The van der Waals surface area contributed by atoms with Crippen molar-refractivity contribution in [3.05, 3.63) is 16.1 Å². The molecule has 90 valence electrons. The highest BCUT2D eigenvalue weighted by Crippen LogP contribution is 2.23. The maximum absolute atomic E-state index is 9.47. The number of rotatable bonds is 3. The van der Waals surface area contributed by atoms with Crippen molar-refractivity contribution in [2.24, 2.45) is 0 Å². The lowest BCUT2D eigenvalue weighted by atomic mass is 9.92. The normalized spacial score (nSPS) is 26.2. The van der Waals surface area contributed by atoms with E-state index in [1.165, 1.54) is 5.69 Å². The van der Waals surface area contributed by atoms with Crippen LogP contribution in [0.25, 0.3) is 0 Å². The number of hydrogen-bond donors (Lipinski definition) is 1. The molecule has 1 saturated carbocycles. The first-order valence-electron chi connectivity index (χ1n) is 5.94. The van der Waals surface area contributed by atoms with Gasteiger partial charge in [0, 0.05) is 18.0 Å². The Hall–Kier alpha value is -0.450. The zero-order valence-corrected chi connectivity index (χ0v) is 10.8. The predicted octanol–water partition coefficient (Wildman–Crippen LogP) is 2.19. The number of aryl methyl sites for hydroxylation is 1. The van der Waals surface area contributed by atoms with Crippen molar-refractivity contribution in [2.75, 3.05) is 7.05 Å². The highest BCUT2D eigenvalue weighted by atomic mass is 32.1. The van der Waals surface area contributed by atoms with Crippen LogP contribution in [0.15, 0.2) is 5.38 Å². The van der Waals surface area contributed by atoms with Crippen LogP contribution in [0.2, 0.25) is 0 Å². The first-order valence-corrected chi connectivity index (χ1v) is 6.82. The van der Waals surface area contributed by atoms with Gasteiger partial charge in [0.1, 0.15) is 0 Å². The molecule has 0 atom stereocenters. The molecule has 1 heterocycles. The van der Waals surface area contributed by atoms with Crippen LogP contribution >= 0.6 is 11.3 Å². The zero-order chi connectivity index (χ0) is 11.5. The molecule has 1 N–H and O–H groups in total. The monoisotopic (exact) mass is 240 g/mol. The molecule has 1 aliphatic rings. The molecule has 0 aliphatic heterocycles. The fourth-order valence-electron chi connectivity index (χ4n) is 2.36. The van der Waals surface area contributed by atoms with Gasteiger partial charge in [0.15, 0.2) is 0 Å². The molecule has 1 aromatic heterocycles. The van der Waals surface area contributed by atoms with Gasteiger partial charge in [0.05, 0.1) is 16.8 Å².